The second-order valence-electron chi connectivity index (χ2n) is 5.25. The molecule has 8 nitrogen and oxygen atoms in total. The van der Waals surface area contributed by atoms with Gasteiger partial charge in [-0.25, -0.2) is 9.48 Å². The first-order valence-electron chi connectivity index (χ1n) is 7.71. The van der Waals surface area contributed by atoms with Crippen molar-refractivity contribution in [3.05, 3.63) is 66.2 Å². The molecule has 0 spiro atoms. The van der Waals surface area contributed by atoms with Crippen molar-refractivity contribution in [2.24, 2.45) is 0 Å². The summed E-state index contributed by atoms with van der Waals surface area (Å²) in [4.78, 5) is 15.9. The molecule has 128 valence electrons. The van der Waals surface area contributed by atoms with Crippen molar-refractivity contribution < 1.29 is 9.53 Å². The number of hydrogen-bond donors (Lipinski definition) is 2. The van der Waals surface area contributed by atoms with E-state index in [1.807, 2.05) is 36.4 Å². The third-order valence-electron chi connectivity index (χ3n) is 3.49. The average molecular weight is 338 g/mol. The van der Waals surface area contributed by atoms with Crippen LogP contribution in [-0.4, -0.2) is 33.1 Å². The molecule has 25 heavy (non-hydrogen) atoms. The quantitative estimate of drug-likeness (QED) is 0.713. The SMILES string of the molecule is COc1ccc(CNC(=O)NCc2cn(-c3cccnc3)nn2)cc1. The fourth-order valence-electron chi connectivity index (χ4n) is 2.15. The Balaban J connectivity index is 1.46. The van der Waals surface area contributed by atoms with Crippen LogP contribution in [0.4, 0.5) is 4.79 Å². The lowest BCUT2D eigenvalue weighted by Gasteiger charge is -2.07. The zero-order chi connectivity index (χ0) is 17.5. The number of methoxy groups -OCH3 is 1. The molecule has 8 heteroatoms. The minimum atomic E-state index is -0.272. The number of carbonyl (C=O) groups is 1. The topological polar surface area (TPSA) is 94.0 Å². The number of rotatable bonds is 6. The smallest absolute Gasteiger partial charge is 0.315 e. The monoisotopic (exact) mass is 338 g/mol. The molecule has 0 bridgehead atoms. The molecule has 0 unspecified atom stereocenters. The van der Waals surface area contributed by atoms with E-state index in [0.29, 0.717) is 12.2 Å². The molecule has 0 aliphatic carbocycles. The molecular formula is C17H18N6O2. The molecule has 0 saturated carbocycles. The number of amides is 2. The van der Waals surface area contributed by atoms with E-state index in [0.717, 1.165) is 17.0 Å². The lowest BCUT2D eigenvalue weighted by molar-refractivity contribution is 0.240. The van der Waals surface area contributed by atoms with Gasteiger partial charge in [-0.15, -0.1) is 5.10 Å². The van der Waals surface area contributed by atoms with E-state index in [4.69, 9.17) is 4.74 Å². The molecule has 2 aromatic heterocycles. The molecule has 0 atom stereocenters. The van der Waals surface area contributed by atoms with Crippen LogP contribution in [0.3, 0.4) is 0 Å². The second kappa shape index (κ2) is 7.91. The summed E-state index contributed by atoms with van der Waals surface area (Å²) in [5, 5.41) is 13.6. The van der Waals surface area contributed by atoms with Crippen LogP contribution in [0.1, 0.15) is 11.3 Å². The van der Waals surface area contributed by atoms with Gasteiger partial charge in [-0.1, -0.05) is 17.3 Å². The van der Waals surface area contributed by atoms with E-state index in [2.05, 4.69) is 25.9 Å². The maximum absolute atomic E-state index is 11.9. The summed E-state index contributed by atoms with van der Waals surface area (Å²) >= 11 is 0. The minimum absolute atomic E-state index is 0.272. The lowest BCUT2D eigenvalue weighted by atomic mass is 10.2. The predicted octanol–water partition coefficient (Wildman–Crippen LogP) is 1.67. The molecule has 1 aromatic carbocycles. The van der Waals surface area contributed by atoms with Crippen LogP contribution in [0.25, 0.3) is 5.69 Å². The highest BCUT2D eigenvalue weighted by Gasteiger charge is 2.05. The highest BCUT2D eigenvalue weighted by atomic mass is 16.5. The zero-order valence-electron chi connectivity index (χ0n) is 13.7. The van der Waals surface area contributed by atoms with E-state index in [-0.39, 0.29) is 12.6 Å². The summed E-state index contributed by atoms with van der Waals surface area (Å²) in [6, 6.07) is 10.9. The first kappa shape index (κ1) is 16.4. The highest BCUT2D eigenvalue weighted by molar-refractivity contribution is 5.73. The second-order valence-corrected chi connectivity index (χ2v) is 5.25. The number of benzene rings is 1. The normalized spacial score (nSPS) is 10.3. The number of ether oxygens (including phenoxy) is 1. The number of urea groups is 1. The van der Waals surface area contributed by atoms with Crippen LogP contribution in [0.5, 0.6) is 5.75 Å². The molecule has 2 amide bonds. The number of carbonyl (C=O) groups excluding carboxylic acids is 1. The Morgan fingerprint density at radius 3 is 2.68 bits per heavy atom. The van der Waals surface area contributed by atoms with Crippen LogP contribution in [0, 0.1) is 0 Å². The van der Waals surface area contributed by atoms with Gasteiger partial charge in [0.2, 0.25) is 0 Å². The van der Waals surface area contributed by atoms with Crippen molar-refractivity contribution >= 4 is 6.03 Å². The molecule has 0 aliphatic rings. The third-order valence-corrected chi connectivity index (χ3v) is 3.49. The van der Waals surface area contributed by atoms with Gasteiger partial charge in [0.05, 0.1) is 31.7 Å². The van der Waals surface area contributed by atoms with E-state index in [9.17, 15) is 4.79 Å². The summed E-state index contributed by atoms with van der Waals surface area (Å²) < 4.78 is 6.71. The summed E-state index contributed by atoms with van der Waals surface area (Å²) in [6.07, 6.45) is 5.13. The van der Waals surface area contributed by atoms with Crippen molar-refractivity contribution in [1.82, 2.24) is 30.6 Å². The molecule has 0 aliphatic heterocycles. The Kier molecular flexibility index (Phi) is 5.20. The Hall–Kier alpha value is -3.42. The Labute approximate surface area is 144 Å². The van der Waals surface area contributed by atoms with Gasteiger partial charge in [-0.05, 0) is 29.8 Å². The molecule has 3 aromatic rings. The molecule has 2 heterocycles. The van der Waals surface area contributed by atoms with Gasteiger partial charge in [0.1, 0.15) is 11.4 Å². The van der Waals surface area contributed by atoms with Gasteiger partial charge in [0.25, 0.3) is 0 Å². The third kappa shape index (κ3) is 4.54. The molecule has 3 rings (SSSR count). The van der Waals surface area contributed by atoms with Crippen molar-refractivity contribution in [3.8, 4) is 11.4 Å². The van der Waals surface area contributed by atoms with Crippen molar-refractivity contribution in [2.45, 2.75) is 13.1 Å². The van der Waals surface area contributed by atoms with E-state index < -0.39 is 0 Å². The van der Waals surface area contributed by atoms with Crippen LogP contribution >= 0.6 is 0 Å². The molecule has 2 N–H and O–H groups in total. The van der Waals surface area contributed by atoms with Gasteiger partial charge in [-0.3, -0.25) is 4.98 Å². The summed E-state index contributed by atoms with van der Waals surface area (Å²) in [6.45, 7) is 0.715. The minimum Gasteiger partial charge on any atom is -0.497 e. The van der Waals surface area contributed by atoms with E-state index in [1.54, 1.807) is 30.4 Å². The van der Waals surface area contributed by atoms with Crippen LogP contribution in [0.2, 0.25) is 0 Å². The summed E-state index contributed by atoms with van der Waals surface area (Å²) in [5.41, 5.74) is 2.45. The van der Waals surface area contributed by atoms with Gasteiger partial charge in [-0.2, -0.15) is 0 Å². The Morgan fingerprint density at radius 2 is 1.96 bits per heavy atom. The fourth-order valence-corrected chi connectivity index (χ4v) is 2.15. The predicted molar refractivity (Wildman–Crippen MR) is 91.2 cm³/mol. The summed E-state index contributed by atoms with van der Waals surface area (Å²) in [7, 11) is 1.62. The van der Waals surface area contributed by atoms with Crippen LogP contribution < -0.4 is 15.4 Å². The first-order valence-corrected chi connectivity index (χ1v) is 7.71. The number of aromatic nitrogens is 4. The van der Waals surface area contributed by atoms with Crippen LogP contribution in [0.15, 0.2) is 55.0 Å². The largest absolute Gasteiger partial charge is 0.497 e. The van der Waals surface area contributed by atoms with Gasteiger partial charge >= 0.3 is 6.03 Å². The van der Waals surface area contributed by atoms with Crippen LogP contribution in [-0.2, 0) is 13.1 Å². The number of pyridine rings is 1. The Morgan fingerprint density at radius 1 is 1.16 bits per heavy atom. The first-order chi connectivity index (χ1) is 12.2. The zero-order valence-corrected chi connectivity index (χ0v) is 13.7. The van der Waals surface area contributed by atoms with Gasteiger partial charge < -0.3 is 15.4 Å². The maximum Gasteiger partial charge on any atom is 0.315 e. The molecule has 0 fully saturated rings. The number of nitrogens with zero attached hydrogens (tertiary/aromatic N) is 4. The van der Waals surface area contributed by atoms with Crippen molar-refractivity contribution in [3.63, 3.8) is 0 Å². The average Bonchev–Trinajstić information content (AvgIpc) is 3.15. The van der Waals surface area contributed by atoms with Crippen molar-refractivity contribution in [1.29, 1.82) is 0 Å². The maximum atomic E-state index is 11.9. The van der Waals surface area contributed by atoms with E-state index in [1.165, 1.54) is 0 Å². The molecule has 0 saturated heterocycles. The van der Waals surface area contributed by atoms with Gasteiger partial charge in [0.15, 0.2) is 0 Å². The summed E-state index contributed by atoms with van der Waals surface area (Å²) in [5.74, 6) is 0.782. The fraction of sp³-hybridized carbons (Fsp3) is 0.176. The number of hydrogen-bond acceptors (Lipinski definition) is 5. The lowest BCUT2D eigenvalue weighted by Crippen LogP contribution is -2.34. The van der Waals surface area contributed by atoms with E-state index >= 15 is 0 Å². The Bertz CT molecular complexity index is 817. The highest BCUT2D eigenvalue weighted by Crippen LogP contribution is 2.10. The standard InChI is InChI=1S/C17H18N6O2/c1-25-16-6-4-13(5-7-16)9-19-17(24)20-10-14-12-23(22-21-14)15-3-2-8-18-11-15/h2-8,11-12H,9-10H2,1H3,(H2,19,20,24). The molecular weight excluding hydrogens is 320 g/mol. The van der Waals surface area contributed by atoms with Crippen molar-refractivity contribution in [2.75, 3.05) is 7.11 Å². The van der Waals surface area contributed by atoms with Gasteiger partial charge in [0, 0.05) is 12.7 Å². The number of nitrogens with one attached hydrogen (secondary N) is 2. The molecule has 0 radical (unpaired) electrons.